The van der Waals surface area contributed by atoms with Gasteiger partial charge in [-0.2, -0.15) is 0 Å². The number of nitrogens with zero attached hydrogens (tertiary/aromatic N) is 1. The molecule has 0 heterocycles. The molecule has 140 valence electrons. The number of ether oxygens (including phenoxy) is 1. The lowest BCUT2D eigenvalue weighted by Gasteiger charge is -2.38. The standard InChI is InChI=1S/C22H36NO2/c1-4-5-6-12-17-23(2,3)18-20-15-10-11-16-21(20)25-22(24)19-13-8-7-9-14-19/h7-9,13-14,20-21H,4-6,10-12,15-18H2,1-3H3/q+1/t20-,21-/m1/s1. The van der Waals surface area contributed by atoms with Gasteiger partial charge in [0, 0.05) is 5.92 Å². The van der Waals surface area contributed by atoms with E-state index in [9.17, 15) is 4.79 Å². The average molecular weight is 347 g/mol. The second-order valence-corrected chi connectivity index (χ2v) is 8.26. The minimum absolute atomic E-state index is 0.0782. The molecule has 2 atom stereocenters. The highest BCUT2D eigenvalue weighted by Gasteiger charge is 2.33. The van der Waals surface area contributed by atoms with Gasteiger partial charge in [-0.1, -0.05) is 44.4 Å². The Bertz CT molecular complexity index is 512. The summed E-state index contributed by atoms with van der Waals surface area (Å²) in [5.74, 6) is 0.327. The second kappa shape index (κ2) is 9.96. The zero-order valence-corrected chi connectivity index (χ0v) is 16.4. The van der Waals surface area contributed by atoms with Crippen LogP contribution in [0.1, 0.15) is 68.6 Å². The fraction of sp³-hybridized carbons (Fsp3) is 0.682. The predicted octanol–water partition coefficient (Wildman–Crippen LogP) is 5.06. The molecule has 0 spiro atoms. The second-order valence-electron chi connectivity index (χ2n) is 8.26. The number of hydrogen-bond donors (Lipinski definition) is 0. The van der Waals surface area contributed by atoms with Crippen molar-refractivity contribution in [1.29, 1.82) is 0 Å². The number of carbonyl (C=O) groups is 1. The van der Waals surface area contributed by atoms with E-state index in [1.54, 1.807) is 0 Å². The van der Waals surface area contributed by atoms with Gasteiger partial charge in [-0.3, -0.25) is 0 Å². The first-order valence-electron chi connectivity index (χ1n) is 10.1. The van der Waals surface area contributed by atoms with Gasteiger partial charge in [0.1, 0.15) is 6.10 Å². The van der Waals surface area contributed by atoms with Crippen LogP contribution in [0.2, 0.25) is 0 Å². The van der Waals surface area contributed by atoms with Gasteiger partial charge < -0.3 is 9.22 Å². The molecule has 0 amide bonds. The van der Waals surface area contributed by atoms with E-state index in [4.69, 9.17) is 4.74 Å². The Morgan fingerprint density at radius 1 is 1.08 bits per heavy atom. The first kappa shape index (κ1) is 20.0. The van der Waals surface area contributed by atoms with Gasteiger partial charge in [-0.25, -0.2) is 4.79 Å². The van der Waals surface area contributed by atoms with Crippen LogP contribution in [0.15, 0.2) is 30.3 Å². The number of esters is 1. The third-order valence-electron chi connectivity index (χ3n) is 5.45. The Balaban J connectivity index is 1.90. The van der Waals surface area contributed by atoms with Crippen molar-refractivity contribution >= 4 is 5.97 Å². The molecular weight excluding hydrogens is 310 g/mol. The van der Waals surface area contributed by atoms with Gasteiger partial charge in [0.05, 0.1) is 32.7 Å². The smallest absolute Gasteiger partial charge is 0.338 e. The summed E-state index contributed by atoms with van der Waals surface area (Å²) in [5.41, 5.74) is 0.667. The normalized spacial score (nSPS) is 21.1. The van der Waals surface area contributed by atoms with Crippen molar-refractivity contribution in [1.82, 2.24) is 0 Å². The maximum absolute atomic E-state index is 12.4. The summed E-state index contributed by atoms with van der Waals surface area (Å²) in [6.07, 6.45) is 9.95. The van der Waals surface area contributed by atoms with Crippen LogP contribution < -0.4 is 0 Å². The summed E-state index contributed by atoms with van der Waals surface area (Å²) in [4.78, 5) is 12.4. The van der Waals surface area contributed by atoms with Gasteiger partial charge in [0.15, 0.2) is 0 Å². The van der Waals surface area contributed by atoms with Crippen LogP contribution in [-0.4, -0.2) is 43.7 Å². The van der Waals surface area contributed by atoms with E-state index < -0.39 is 0 Å². The number of quaternary nitrogens is 1. The van der Waals surface area contributed by atoms with Gasteiger partial charge in [-0.15, -0.1) is 0 Å². The van der Waals surface area contributed by atoms with E-state index in [1.165, 1.54) is 51.5 Å². The van der Waals surface area contributed by atoms with Crippen molar-refractivity contribution in [3.05, 3.63) is 35.9 Å². The summed E-state index contributed by atoms with van der Waals surface area (Å²) >= 11 is 0. The van der Waals surface area contributed by atoms with E-state index in [1.807, 2.05) is 30.3 Å². The lowest BCUT2D eigenvalue weighted by Crippen LogP contribution is -2.48. The van der Waals surface area contributed by atoms with Gasteiger partial charge >= 0.3 is 5.97 Å². The first-order valence-corrected chi connectivity index (χ1v) is 10.1. The Labute approximate surface area is 154 Å². The van der Waals surface area contributed by atoms with E-state index in [2.05, 4.69) is 21.0 Å². The first-order chi connectivity index (χ1) is 12.0. The molecule has 1 aromatic rings. The van der Waals surface area contributed by atoms with Crippen molar-refractivity contribution in [3.63, 3.8) is 0 Å². The number of carbonyl (C=O) groups excluding carboxylic acids is 1. The highest BCUT2D eigenvalue weighted by Crippen LogP contribution is 2.29. The van der Waals surface area contributed by atoms with Crippen LogP contribution in [-0.2, 0) is 4.74 Å². The summed E-state index contributed by atoms with van der Waals surface area (Å²) in [6.45, 7) is 4.59. The fourth-order valence-corrected chi connectivity index (χ4v) is 4.01. The average Bonchev–Trinajstić information content (AvgIpc) is 2.61. The van der Waals surface area contributed by atoms with Crippen molar-refractivity contribution in [2.45, 2.75) is 64.4 Å². The van der Waals surface area contributed by atoms with Crippen LogP contribution in [0, 0.1) is 5.92 Å². The van der Waals surface area contributed by atoms with Gasteiger partial charge in [-0.05, 0) is 44.2 Å². The lowest BCUT2D eigenvalue weighted by atomic mass is 9.85. The van der Waals surface area contributed by atoms with Crippen molar-refractivity contribution in [3.8, 4) is 0 Å². The van der Waals surface area contributed by atoms with Crippen LogP contribution in [0.25, 0.3) is 0 Å². The molecule has 25 heavy (non-hydrogen) atoms. The SMILES string of the molecule is CCCCCC[N+](C)(C)C[C@H]1CCCC[C@H]1OC(=O)c1ccccc1. The third kappa shape index (κ3) is 6.81. The third-order valence-corrected chi connectivity index (χ3v) is 5.45. The molecule has 3 nitrogen and oxygen atoms in total. The molecule has 2 rings (SSSR count). The van der Waals surface area contributed by atoms with Crippen molar-refractivity contribution in [2.24, 2.45) is 5.92 Å². The molecule has 1 saturated carbocycles. The van der Waals surface area contributed by atoms with Crippen molar-refractivity contribution in [2.75, 3.05) is 27.2 Å². The van der Waals surface area contributed by atoms with E-state index >= 15 is 0 Å². The molecule has 0 aromatic heterocycles. The fourth-order valence-electron chi connectivity index (χ4n) is 4.01. The summed E-state index contributed by atoms with van der Waals surface area (Å²) in [6, 6.07) is 9.40. The monoisotopic (exact) mass is 346 g/mol. The minimum Gasteiger partial charge on any atom is -0.458 e. The van der Waals surface area contributed by atoms with E-state index in [0.29, 0.717) is 11.5 Å². The number of benzene rings is 1. The van der Waals surface area contributed by atoms with Crippen LogP contribution in [0.4, 0.5) is 0 Å². The zero-order valence-electron chi connectivity index (χ0n) is 16.4. The van der Waals surface area contributed by atoms with Crippen LogP contribution >= 0.6 is 0 Å². The van der Waals surface area contributed by atoms with E-state index in [0.717, 1.165) is 17.4 Å². The molecule has 1 aliphatic carbocycles. The molecule has 0 unspecified atom stereocenters. The van der Waals surface area contributed by atoms with Crippen LogP contribution in [0.3, 0.4) is 0 Å². The highest BCUT2D eigenvalue weighted by atomic mass is 16.5. The van der Waals surface area contributed by atoms with Crippen LogP contribution in [0.5, 0.6) is 0 Å². The molecule has 0 aliphatic heterocycles. The summed E-state index contributed by atoms with van der Waals surface area (Å²) in [7, 11) is 4.66. The predicted molar refractivity (Wildman–Crippen MR) is 104 cm³/mol. The maximum atomic E-state index is 12.4. The molecule has 0 radical (unpaired) electrons. The van der Waals surface area contributed by atoms with E-state index in [-0.39, 0.29) is 12.1 Å². The minimum atomic E-state index is -0.161. The quantitative estimate of drug-likeness (QED) is 0.355. The largest absolute Gasteiger partial charge is 0.458 e. The topological polar surface area (TPSA) is 26.3 Å². The van der Waals surface area contributed by atoms with Gasteiger partial charge in [0.2, 0.25) is 0 Å². The summed E-state index contributed by atoms with van der Waals surface area (Å²) < 4.78 is 6.97. The number of hydrogen-bond acceptors (Lipinski definition) is 2. The van der Waals surface area contributed by atoms with Gasteiger partial charge in [0.25, 0.3) is 0 Å². The maximum Gasteiger partial charge on any atom is 0.338 e. The molecule has 0 bridgehead atoms. The molecular formula is C22H36NO2+. The Hall–Kier alpha value is -1.35. The Morgan fingerprint density at radius 2 is 1.80 bits per heavy atom. The highest BCUT2D eigenvalue weighted by molar-refractivity contribution is 5.89. The zero-order chi connectivity index (χ0) is 18.1. The summed E-state index contributed by atoms with van der Waals surface area (Å²) in [5, 5.41) is 0. The Morgan fingerprint density at radius 3 is 2.52 bits per heavy atom. The molecule has 1 aromatic carbocycles. The molecule has 3 heteroatoms. The number of unbranched alkanes of at least 4 members (excludes halogenated alkanes) is 3. The van der Waals surface area contributed by atoms with Crippen molar-refractivity contribution < 1.29 is 14.0 Å². The molecule has 1 aliphatic rings. The molecule has 1 fully saturated rings. The molecule has 0 saturated heterocycles. The number of rotatable bonds is 9. The Kier molecular flexibility index (Phi) is 7.95. The molecule has 0 N–H and O–H groups in total. The lowest BCUT2D eigenvalue weighted by molar-refractivity contribution is -0.894.